The molecule has 0 aliphatic heterocycles. The van der Waals surface area contributed by atoms with Crippen LogP contribution in [0.25, 0.3) is 6.08 Å². The van der Waals surface area contributed by atoms with Crippen LogP contribution < -0.4 is 20.9 Å². The molecule has 0 fully saturated rings. The predicted octanol–water partition coefficient (Wildman–Crippen LogP) is 2.41. The maximum Gasteiger partial charge on any atom is 0.319 e. The highest BCUT2D eigenvalue weighted by atomic mass is 16.5. The number of nitriles is 1. The van der Waals surface area contributed by atoms with Crippen molar-refractivity contribution in [3.05, 3.63) is 65.2 Å². The third kappa shape index (κ3) is 5.88. The number of carbonyl (C=O) groups excluding carboxylic acids is 2. The minimum atomic E-state index is -0.629. The Balaban J connectivity index is 1.95. The van der Waals surface area contributed by atoms with E-state index in [1.807, 2.05) is 12.1 Å². The van der Waals surface area contributed by atoms with Gasteiger partial charge in [0.1, 0.15) is 11.8 Å². The summed E-state index contributed by atoms with van der Waals surface area (Å²) in [5.74, 6) is -0.252. The van der Waals surface area contributed by atoms with Crippen molar-refractivity contribution >= 4 is 23.7 Å². The summed E-state index contributed by atoms with van der Waals surface area (Å²) in [6, 6.07) is 13.5. The molecular formula is C19H18N4O4. The van der Waals surface area contributed by atoms with Crippen LogP contribution in [0, 0.1) is 11.3 Å². The Bertz CT molecular complexity index is 903. The summed E-state index contributed by atoms with van der Waals surface area (Å²) in [6.45, 7) is 0.271. The Labute approximate surface area is 156 Å². The van der Waals surface area contributed by atoms with Gasteiger partial charge in [0.25, 0.3) is 5.91 Å². The standard InChI is InChI=1S/C19H18N4O4/c1-27-17-10-16(7-6-15(17)11-20)22-19(25)21-12-14-4-2-3-13(9-14)5-8-18(24)23-26/h2-10,26H,12H2,1H3,(H,23,24)(H2,21,22,25)/b8-5+. The van der Waals surface area contributed by atoms with E-state index in [9.17, 15) is 9.59 Å². The topological polar surface area (TPSA) is 123 Å². The lowest BCUT2D eigenvalue weighted by Crippen LogP contribution is -2.28. The third-order valence-electron chi connectivity index (χ3n) is 3.52. The summed E-state index contributed by atoms with van der Waals surface area (Å²) in [4.78, 5) is 23.1. The molecule has 2 rings (SSSR count). The molecule has 0 heterocycles. The number of urea groups is 1. The number of anilines is 1. The SMILES string of the molecule is COc1cc(NC(=O)NCc2cccc(/C=C/C(=O)NO)c2)ccc1C#N. The van der Waals surface area contributed by atoms with Crippen LogP contribution in [0.4, 0.5) is 10.5 Å². The zero-order valence-electron chi connectivity index (χ0n) is 14.5. The van der Waals surface area contributed by atoms with E-state index < -0.39 is 11.9 Å². The molecule has 2 aromatic rings. The summed E-state index contributed by atoms with van der Waals surface area (Å²) < 4.78 is 5.10. The lowest BCUT2D eigenvalue weighted by Gasteiger charge is -2.10. The van der Waals surface area contributed by atoms with Crippen molar-refractivity contribution in [3.8, 4) is 11.8 Å². The Morgan fingerprint density at radius 1 is 1.26 bits per heavy atom. The van der Waals surface area contributed by atoms with Gasteiger partial charge in [-0.05, 0) is 35.4 Å². The molecule has 0 spiro atoms. The molecule has 0 radical (unpaired) electrons. The fraction of sp³-hybridized carbons (Fsp3) is 0.105. The van der Waals surface area contributed by atoms with Crippen LogP contribution in [0.5, 0.6) is 5.75 Å². The number of amides is 3. The van der Waals surface area contributed by atoms with Gasteiger partial charge >= 0.3 is 6.03 Å². The van der Waals surface area contributed by atoms with Crippen LogP contribution in [0.1, 0.15) is 16.7 Å². The quantitative estimate of drug-likeness (QED) is 0.355. The lowest BCUT2D eigenvalue weighted by molar-refractivity contribution is -0.124. The summed E-state index contributed by atoms with van der Waals surface area (Å²) in [6.07, 6.45) is 2.73. The minimum Gasteiger partial charge on any atom is -0.495 e. The number of ether oxygens (including phenoxy) is 1. The highest BCUT2D eigenvalue weighted by Gasteiger charge is 2.07. The van der Waals surface area contributed by atoms with E-state index in [-0.39, 0.29) is 6.54 Å². The third-order valence-corrected chi connectivity index (χ3v) is 3.52. The molecule has 0 aliphatic rings. The van der Waals surface area contributed by atoms with Gasteiger partial charge in [-0.25, -0.2) is 10.3 Å². The van der Waals surface area contributed by atoms with Crippen molar-refractivity contribution in [1.29, 1.82) is 5.26 Å². The van der Waals surface area contributed by atoms with Crippen LogP contribution >= 0.6 is 0 Å². The summed E-state index contributed by atoms with van der Waals surface area (Å²) in [5, 5.41) is 22.8. The first-order valence-electron chi connectivity index (χ1n) is 7.90. The number of rotatable bonds is 6. The average Bonchev–Trinajstić information content (AvgIpc) is 2.70. The molecule has 27 heavy (non-hydrogen) atoms. The highest BCUT2D eigenvalue weighted by Crippen LogP contribution is 2.22. The second-order valence-corrected chi connectivity index (χ2v) is 5.39. The van der Waals surface area contributed by atoms with Gasteiger partial charge in [0, 0.05) is 24.4 Å². The van der Waals surface area contributed by atoms with E-state index in [1.165, 1.54) is 24.7 Å². The second kappa shape index (κ2) is 9.60. The Kier molecular flexibility index (Phi) is 6.93. The van der Waals surface area contributed by atoms with E-state index >= 15 is 0 Å². The first-order valence-corrected chi connectivity index (χ1v) is 7.90. The molecular weight excluding hydrogens is 348 g/mol. The number of hydroxylamine groups is 1. The number of methoxy groups -OCH3 is 1. The smallest absolute Gasteiger partial charge is 0.319 e. The van der Waals surface area contributed by atoms with Gasteiger partial charge in [-0.1, -0.05) is 18.2 Å². The van der Waals surface area contributed by atoms with Gasteiger partial charge in [0.2, 0.25) is 0 Å². The molecule has 0 saturated heterocycles. The van der Waals surface area contributed by atoms with Crippen molar-refractivity contribution in [1.82, 2.24) is 10.8 Å². The van der Waals surface area contributed by atoms with E-state index in [0.717, 1.165) is 11.1 Å². The summed E-state index contributed by atoms with van der Waals surface area (Å²) >= 11 is 0. The zero-order valence-corrected chi connectivity index (χ0v) is 14.5. The van der Waals surface area contributed by atoms with Gasteiger partial charge in [-0.2, -0.15) is 5.26 Å². The normalized spacial score (nSPS) is 10.1. The molecule has 3 amide bonds. The molecule has 0 aliphatic carbocycles. The summed E-state index contributed by atoms with van der Waals surface area (Å²) in [7, 11) is 1.45. The van der Waals surface area contributed by atoms with Crippen LogP contribution in [-0.4, -0.2) is 24.3 Å². The van der Waals surface area contributed by atoms with Crippen molar-refractivity contribution < 1.29 is 19.5 Å². The Morgan fingerprint density at radius 2 is 2.07 bits per heavy atom. The van der Waals surface area contributed by atoms with Gasteiger partial charge in [0.05, 0.1) is 12.7 Å². The van der Waals surface area contributed by atoms with Gasteiger partial charge in [0.15, 0.2) is 0 Å². The van der Waals surface area contributed by atoms with E-state index in [2.05, 4.69) is 10.6 Å². The molecule has 0 unspecified atom stereocenters. The van der Waals surface area contributed by atoms with Crippen LogP contribution in [0.3, 0.4) is 0 Å². The monoisotopic (exact) mass is 366 g/mol. The predicted molar refractivity (Wildman–Crippen MR) is 99.0 cm³/mol. The van der Waals surface area contributed by atoms with Crippen LogP contribution in [0.15, 0.2) is 48.5 Å². The molecule has 2 aromatic carbocycles. The first-order chi connectivity index (χ1) is 13.0. The van der Waals surface area contributed by atoms with Crippen molar-refractivity contribution in [2.45, 2.75) is 6.54 Å². The lowest BCUT2D eigenvalue weighted by atomic mass is 10.1. The Morgan fingerprint density at radius 3 is 2.78 bits per heavy atom. The van der Waals surface area contributed by atoms with Gasteiger partial charge in [-0.15, -0.1) is 0 Å². The maximum absolute atomic E-state index is 12.1. The number of benzene rings is 2. The zero-order chi connectivity index (χ0) is 19.6. The van der Waals surface area contributed by atoms with E-state index in [0.29, 0.717) is 17.0 Å². The number of nitrogens with zero attached hydrogens (tertiary/aromatic N) is 1. The molecule has 8 nitrogen and oxygen atoms in total. The Hall–Kier alpha value is -3.83. The highest BCUT2D eigenvalue weighted by molar-refractivity contribution is 5.91. The second-order valence-electron chi connectivity index (χ2n) is 5.39. The molecule has 4 N–H and O–H groups in total. The number of carbonyl (C=O) groups is 2. The molecule has 0 saturated carbocycles. The maximum atomic E-state index is 12.1. The average molecular weight is 366 g/mol. The fourth-order valence-corrected chi connectivity index (χ4v) is 2.23. The molecule has 0 atom stereocenters. The van der Waals surface area contributed by atoms with E-state index in [4.69, 9.17) is 15.2 Å². The van der Waals surface area contributed by atoms with Crippen LogP contribution in [0.2, 0.25) is 0 Å². The molecule has 138 valence electrons. The molecule has 8 heteroatoms. The van der Waals surface area contributed by atoms with Gasteiger partial charge in [-0.3, -0.25) is 10.0 Å². The van der Waals surface area contributed by atoms with Crippen LogP contribution in [-0.2, 0) is 11.3 Å². The first kappa shape index (κ1) is 19.5. The number of hydrogen-bond donors (Lipinski definition) is 4. The summed E-state index contributed by atoms with van der Waals surface area (Å²) in [5.41, 5.74) is 3.96. The van der Waals surface area contributed by atoms with Gasteiger partial charge < -0.3 is 15.4 Å². The van der Waals surface area contributed by atoms with Crippen molar-refractivity contribution in [2.24, 2.45) is 0 Å². The van der Waals surface area contributed by atoms with Crippen molar-refractivity contribution in [2.75, 3.05) is 12.4 Å². The fourth-order valence-electron chi connectivity index (χ4n) is 2.23. The number of hydrogen-bond acceptors (Lipinski definition) is 5. The number of nitrogens with one attached hydrogen (secondary N) is 3. The van der Waals surface area contributed by atoms with Crippen molar-refractivity contribution in [3.63, 3.8) is 0 Å². The van der Waals surface area contributed by atoms with E-state index in [1.54, 1.807) is 36.4 Å². The molecule has 0 aromatic heterocycles. The molecule has 0 bridgehead atoms. The largest absolute Gasteiger partial charge is 0.495 e. The minimum absolute atomic E-state index is 0.271.